The van der Waals surface area contributed by atoms with Crippen LogP contribution >= 0.6 is 0 Å². The Kier molecular flexibility index (Phi) is 6.87. The molecule has 2 aromatic carbocycles. The van der Waals surface area contributed by atoms with Gasteiger partial charge in [-0.25, -0.2) is 22.3 Å². The van der Waals surface area contributed by atoms with Gasteiger partial charge in [0.15, 0.2) is 6.61 Å². The molecule has 9 heteroatoms. The van der Waals surface area contributed by atoms with Crippen molar-refractivity contribution in [2.45, 2.75) is 24.8 Å². The zero-order chi connectivity index (χ0) is 20.9. The third-order valence-electron chi connectivity index (χ3n) is 3.88. The molecule has 0 fully saturated rings. The van der Waals surface area contributed by atoms with Crippen molar-refractivity contribution in [2.75, 3.05) is 18.6 Å². The van der Waals surface area contributed by atoms with E-state index in [1.165, 1.54) is 11.9 Å². The summed E-state index contributed by atoms with van der Waals surface area (Å²) in [5.74, 6) is -2.57. The van der Waals surface area contributed by atoms with Gasteiger partial charge in [0, 0.05) is 11.7 Å². The number of hydrogen-bond donors (Lipinski definition) is 1. The summed E-state index contributed by atoms with van der Waals surface area (Å²) in [6, 6.07) is 11.4. The first-order valence-electron chi connectivity index (χ1n) is 8.44. The highest BCUT2D eigenvalue weighted by atomic mass is 32.2. The molecule has 0 saturated carbocycles. The molecule has 0 aliphatic heterocycles. The van der Waals surface area contributed by atoms with Crippen LogP contribution in [0.2, 0.25) is 0 Å². The van der Waals surface area contributed by atoms with Crippen molar-refractivity contribution in [1.29, 1.82) is 0 Å². The first kappa shape index (κ1) is 21.5. The standard InChI is InChI=1S/C19H21FN2O5S/c1-13(2)22(14-7-5-4-6-8-14)18(23)12-27-19(24)16-11-15(9-10-17(16)20)28(25,26)21-3/h4-11,13,21H,12H2,1-3H3. The summed E-state index contributed by atoms with van der Waals surface area (Å²) in [5, 5.41) is 0. The average Bonchev–Trinajstić information content (AvgIpc) is 2.67. The molecule has 2 rings (SSSR count). The van der Waals surface area contributed by atoms with Crippen LogP contribution in [0.5, 0.6) is 0 Å². The second-order valence-electron chi connectivity index (χ2n) is 6.12. The molecule has 0 atom stereocenters. The minimum atomic E-state index is -3.86. The Balaban J connectivity index is 2.17. The fraction of sp³-hybridized carbons (Fsp3) is 0.263. The molecule has 0 bridgehead atoms. The molecule has 0 aliphatic carbocycles. The van der Waals surface area contributed by atoms with E-state index in [1.54, 1.807) is 38.1 Å². The summed E-state index contributed by atoms with van der Waals surface area (Å²) >= 11 is 0. The fourth-order valence-corrected chi connectivity index (χ4v) is 3.30. The molecule has 0 radical (unpaired) electrons. The highest BCUT2D eigenvalue weighted by molar-refractivity contribution is 7.89. The summed E-state index contributed by atoms with van der Waals surface area (Å²) in [5.41, 5.74) is 0.0618. The number of amides is 1. The van der Waals surface area contributed by atoms with Gasteiger partial charge < -0.3 is 9.64 Å². The van der Waals surface area contributed by atoms with Crippen LogP contribution in [0.1, 0.15) is 24.2 Å². The van der Waals surface area contributed by atoms with Crippen LogP contribution in [-0.2, 0) is 19.6 Å². The van der Waals surface area contributed by atoms with Crippen molar-refractivity contribution in [3.05, 3.63) is 59.9 Å². The molecule has 150 valence electrons. The molecule has 0 spiro atoms. The van der Waals surface area contributed by atoms with Crippen molar-refractivity contribution in [3.63, 3.8) is 0 Å². The van der Waals surface area contributed by atoms with E-state index in [2.05, 4.69) is 4.72 Å². The molecule has 0 unspecified atom stereocenters. The number of carbonyl (C=O) groups is 2. The smallest absolute Gasteiger partial charge is 0.341 e. The number of hydrogen-bond acceptors (Lipinski definition) is 5. The van der Waals surface area contributed by atoms with E-state index in [1.807, 2.05) is 6.07 Å². The average molecular weight is 408 g/mol. The van der Waals surface area contributed by atoms with Crippen molar-refractivity contribution in [2.24, 2.45) is 0 Å². The normalized spacial score (nSPS) is 11.3. The van der Waals surface area contributed by atoms with Crippen LogP contribution in [0.25, 0.3) is 0 Å². The van der Waals surface area contributed by atoms with Crippen LogP contribution < -0.4 is 9.62 Å². The van der Waals surface area contributed by atoms with Gasteiger partial charge in [0.25, 0.3) is 5.91 Å². The number of halogens is 1. The molecular weight excluding hydrogens is 387 g/mol. The predicted molar refractivity (Wildman–Crippen MR) is 102 cm³/mol. The molecular formula is C19H21FN2O5S. The quantitative estimate of drug-likeness (QED) is 0.710. The van der Waals surface area contributed by atoms with Gasteiger partial charge in [0.1, 0.15) is 5.82 Å². The van der Waals surface area contributed by atoms with Gasteiger partial charge in [-0.05, 0) is 51.2 Å². The Morgan fingerprint density at radius 3 is 2.36 bits per heavy atom. The lowest BCUT2D eigenvalue weighted by molar-refractivity contribution is -0.122. The largest absolute Gasteiger partial charge is 0.452 e. The van der Waals surface area contributed by atoms with Crippen LogP contribution in [0.15, 0.2) is 53.4 Å². The van der Waals surface area contributed by atoms with E-state index in [4.69, 9.17) is 4.74 Å². The molecule has 0 aliphatic rings. The number of benzene rings is 2. The number of nitrogens with zero attached hydrogens (tertiary/aromatic N) is 1. The number of esters is 1. The van der Waals surface area contributed by atoms with E-state index in [-0.39, 0.29) is 10.9 Å². The molecule has 1 amide bonds. The number of rotatable bonds is 7. The Bertz CT molecular complexity index is 962. The first-order chi connectivity index (χ1) is 13.2. The van der Waals surface area contributed by atoms with Gasteiger partial charge in [-0.3, -0.25) is 4.79 Å². The maximum Gasteiger partial charge on any atom is 0.341 e. The van der Waals surface area contributed by atoms with E-state index in [9.17, 15) is 22.4 Å². The zero-order valence-electron chi connectivity index (χ0n) is 15.7. The number of ether oxygens (including phenoxy) is 1. The van der Waals surface area contributed by atoms with E-state index < -0.39 is 39.9 Å². The minimum Gasteiger partial charge on any atom is -0.452 e. The van der Waals surface area contributed by atoms with Crippen LogP contribution in [-0.4, -0.2) is 40.0 Å². The highest BCUT2D eigenvalue weighted by Gasteiger charge is 2.23. The number of sulfonamides is 1. The Morgan fingerprint density at radius 2 is 1.79 bits per heavy atom. The van der Waals surface area contributed by atoms with E-state index in [0.29, 0.717) is 5.69 Å². The van der Waals surface area contributed by atoms with Crippen molar-refractivity contribution in [3.8, 4) is 0 Å². The summed E-state index contributed by atoms with van der Waals surface area (Å²) < 4.78 is 44.6. The van der Waals surface area contributed by atoms with Crippen molar-refractivity contribution in [1.82, 2.24) is 4.72 Å². The van der Waals surface area contributed by atoms with Gasteiger partial charge in [0.2, 0.25) is 10.0 Å². The molecule has 28 heavy (non-hydrogen) atoms. The first-order valence-corrected chi connectivity index (χ1v) is 9.93. The third kappa shape index (κ3) is 4.93. The Morgan fingerprint density at radius 1 is 1.14 bits per heavy atom. The van der Waals surface area contributed by atoms with Crippen LogP contribution in [0.4, 0.5) is 10.1 Å². The maximum absolute atomic E-state index is 14.0. The summed E-state index contributed by atoms with van der Waals surface area (Å²) in [6.45, 7) is 2.99. The summed E-state index contributed by atoms with van der Waals surface area (Å²) in [6.07, 6.45) is 0. The Labute approximate surface area is 163 Å². The van der Waals surface area contributed by atoms with Crippen molar-refractivity contribution < 1.29 is 27.1 Å². The van der Waals surface area contributed by atoms with Gasteiger partial charge >= 0.3 is 5.97 Å². The lowest BCUT2D eigenvalue weighted by atomic mass is 10.2. The summed E-state index contributed by atoms with van der Waals surface area (Å²) in [4.78, 5) is 25.9. The second-order valence-corrected chi connectivity index (χ2v) is 8.00. The minimum absolute atomic E-state index is 0.200. The molecule has 0 aromatic heterocycles. The van der Waals surface area contributed by atoms with Gasteiger partial charge in [-0.15, -0.1) is 0 Å². The van der Waals surface area contributed by atoms with E-state index >= 15 is 0 Å². The van der Waals surface area contributed by atoms with E-state index in [0.717, 1.165) is 18.2 Å². The summed E-state index contributed by atoms with van der Waals surface area (Å²) in [7, 11) is -2.67. The van der Waals surface area contributed by atoms with Crippen molar-refractivity contribution >= 4 is 27.6 Å². The zero-order valence-corrected chi connectivity index (χ0v) is 16.5. The third-order valence-corrected chi connectivity index (χ3v) is 5.29. The number of nitrogens with one attached hydrogen (secondary N) is 1. The lowest BCUT2D eigenvalue weighted by Crippen LogP contribution is -2.40. The number of para-hydroxylation sites is 1. The van der Waals surface area contributed by atoms with Gasteiger partial charge in [-0.1, -0.05) is 18.2 Å². The lowest BCUT2D eigenvalue weighted by Gasteiger charge is -2.26. The fourth-order valence-electron chi connectivity index (χ4n) is 2.54. The molecule has 7 nitrogen and oxygen atoms in total. The molecule has 0 heterocycles. The number of carbonyl (C=O) groups excluding carboxylic acids is 2. The maximum atomic E-state index is 14.0. The second kappa shape index (κ2) is 8.94. The number of anilines is 1. The van der Waals surface area contributed by atoms with Gasteiger partial charge in [0.05, 0.1) is 10.5 Å². The Hall–Kier alpha value is -2.78. The predicted octanol–water partition coefficient (Wildman–Crippen LogP) is 2.33. The SMILES string of the molecule is CNS(=O)(=O)c1ccc(F)c(C(=O)OCC(=O)N(c2ccccc2)C(C)C)c1. The monoisotopic (exact) mass is 408 g/mol. The molecule has 2 aromatic rings. The highest BCUT2D eigenvalue weighted by Crippen LogP contribution is 2.18. The van der Waals surface area contributed by atoms with Gasteiger partial charge in [-0.2, -0.15) is 0 Å². The van der Waals surface area contributed by atoms with Crippen LogP contribution in [0, 0.1) is 5.82 Å². The molecule has 0 saturated heterocycles. The molecule has 1 N–H and O–H groups in total. The van der Waals surface area contributed by atoms with Crippen LogP contribution in [0.3, 0.4) is 0 Å². The topological polar surface area (TPSA) is 92.8 Å².